The lowest BCUT2D eigenvalue weighted by molar-refractivity contribution is -0.135. The zero-order valence-electron chi connectivity index (χ0n) is 13.6. The predicted octanol–water partition coefficient (Wildman–Crippen LogP) is 3.43. The van der Waals surface area contributed by atoms with Gasteiger partial charge in [-0.25, -0.2) is 8.42 Å². The van der Waals surface area contributed by atoms with Gasteiger partial charge in [0, 0.05) is 5.39 Å². The number of hydrogen-bond acceptors (Lipinski definition) is 3. The van der Waals surface area contributed by atoms with Crippen molar-refractivity contribution in [1.29, 1.82) is 0 Å². The molecule has 0 amide bonds. The number of aryl methyl sites for hydroxylation is 1. The fourth-order valence-corrected chi connectivity index (χ4v) is 4.34. The maximum Gasteiger partial charge on any atom is 0.324 e. The number of rotatable bonds is 5. The second-order valence-electron chi connectivity index (χ2n) is 5.67. The molecule has 0 heterocycles. The summed E-state index contributed by atoms with van der Waals surface area (Å²) in [5.41, 5.74) is 1.09. The van der Waals surface area contributed by atoms with Gasteiger partial charge in [-0.2, -0.15) is 0 Å². The molecule has 5 nitrogen and oxygen atoms in total. The average molecular weight is 355 g/mol. The van der Waals surface area contributed by atoms with E-state index >= 15 is 0 Å². The minimum atomic E-state index is -4.01. The molecule has 1 N–H and O–H groups in total. The molecule has 0 bridgehead atoms. The summed E-state index contributed by atoms with van der Waals surface area (Å²) in [6.07, 6.45) is 0. The van der Waals surface area contributed by atoms with Crippen molar-refractivity contribution in [2.75, 3.05) is 10.8 Å². The summed E-state index contributed by atoms with van der Waals surface area (Å²) in [5.74, 6) is -1.22. The summed E-state index contributed by atoms with van der Waals surface area (Å²) in [6.45, 7) is 1.13. The number of hydrogen-bond donors (Lipinski definition) is 1. The van der Waals surface area contributed by atoms with Crippen molar-refractivity contribution in [1.82, 2.24) is 0 Å². The van der Waals surface area contributed by atoms with E-state index in [0.29, 0.717) is 16.6 Å². The minimum Gasteiger partial charge on any atom is -0.480 e. The van der Waals surface area contributed by atoms with Crippen molar-refractivity contribution in [2.45, 2.75) is 11.8 Å². The van der Waals surface area contributed by atoms with Gasteiger partial charge in [-0.15, -0.1) is 0 Å². The van der Waals surface area contributed by atoms with Crippen LogP contribution in [0.4, 0.5) is 5.69 Å². The van der Waals surface area contributed by atoms with E-state index in [1.165, 1.54) is 12.1 Å². The quantitative estimate of drug-likeness (QED) is 0.761. The molecule has 0 aliphatic carbocycles. The normalized spacial score (nSPS) is 11.4. The largest absolute Gasteiger partial charge is 0.480 e. The van der Waals surface area contributed by atoms with E-state index < -0.39 is 22.5 Å². The Hall–Kier alpha value is -2.86. The van der Waals surface area contributed by atoms with Gasteiger partial charge in [0.15, 0.2) is 0 Å². The molecule has 3 aromatic carbocycles. The first-order valence-electron chi connectivity index (χ1n) is 7.69. The van der Waals surface area contributed by atoms with Gasteiger partial charge < -0.3 is 5.11 Å². The van der Waals surface area contributed by atoms with E-state index in [0.717, 1.165) is 9.69 Å². The van der Waals surface area contributed by atoms with E-state index in [4.69, 9.17) is 0 Å². The third-order valence-corrected chi connectivity index (χ3v) is 5.72. The van der Waals surface area contributed by atoms with Crippen LogP contribution in [0.3, 0.4) is 0 Å². The van der Waals surface area contributed by atoms with Crippen LogP contribution in [0.1, 0.15) is 5.56 Å². The van der Waals surface area contributed by atoms with Crippen LogP contribution < -0.4 is 4.31 Å². The lowest BCUT2D eigenvalue weighted by Crippen LogP contribution is -2.36. The molecule has 0 aliphatic rings. The molecule has 128 valence electrons. The summed E-state index contributed by atoms with van der Waals surface area (Å²) in [4.78, 5) is 11.5. The highest BCUT2D eigenvalue weighted by molar-refractivity contribution is 7.92. The monoisotopic (exact) mass is 355 g/mol. The number of carboxylic acids is 1. The Morgan fingerprint density at radius 3 is 2.28 bits per heavy atom. The number of carboxylic acid groups (broad SMARTS) is 1. The van der Waals surface area contributed by atoms with Crippen LogP contribution in [0.15, 0.2) is 71.6 Å². The van der Waals surface area contributed by atoms with E-state index in [2.05, 4.69) is 0 Å². The highest BCUT2D eigenvalue weighted by Gasteiger charge is 2.29. The van der Waals surface area contributed by atoms with Crippen LogP contribution >= 0.6 is 0 Å². The van der Waals surface area contributed by atoms with Crippen molar-refractivity contribution >= 4 is 32.5 Å². The van der Waals surface area contributed by atoms with Gasteiger partial charge in [-0.3, -0.25) is 9.10 Å². The van der Waals surface area contributed by atoms with Crippen LogP contribution in [0.25, 0.3) is 10.8 Å². The average Bonchev–Trinajstić information content (AvgIpc) is 2.60. The molecule has 25 heavy (non-hydrogen) atoms. The SMILES string of the molecule is Cc1ccc2ccccc2c1N(CC(=O)O)S(=O)(=O)c1ccccc1. The number of nitrogens with zero attached hydrogens (tertiary/aromatic N) is 1. The lowest BCUT2D eigenvalue weighted by atomic mass is 10.0. The Labute approximate surface area is 146 Å². The van der Waals surface area contributed by atoms with Crippen LogP contribution in [-0.2, 0) is 14.8 Å². The first-order chi connectivity index (χ1) is 11.9. The number of fused-ring (bicyclic) bond motifs is 1. The molecule has 0 aliphatic heterocycles. The molecule has 0 atom stereocenters. The summed E-state index contributed by atoms with van der Waals surface area (Å²) < 4.78 is 27.2. The Bertz CT molecular complexity index is 1030. The molecule has 0 saturated heterocycles. The first kappa shape index (κ1) is 17.0. The maximum atomic E-state index is 13.1. The van der Waals surface area contributed by atoms with Crippen molar-refractivity contribution in [3.63, 3.8) is 0 Å². The van der Waals surface area contributed by atoms with E-state index in [-0.39, 0.29) is 4.90 Å². The van der Waals surface area contributed by atoms with Crippen molar-refractivity contribution < 1.29 is 18.3 Å². The number of aliphatic carboxylic acids is 1. The third-order valence-electron chi connectivity index (χ3n) is 3.96. The molecular weight excluding hydrogens is 338 g/mol. The van der Waals surface area contributed by atoms with Crippen molar-refractivity contribution in [2.24, 2.45) is 0 Å². The van der Waals surface area contributed by atoms with Gasteiger partial charge in [-0.05, 0) is 30.0 Å². The van der Waals surface area contributed by atoms with Gasteiger partial charge in [0.2, 0.25) is 0 Å². The molecule has 3 aromatic rings. The summed E-state index contributed by atoms with van der Waals surface area (Å²) in [7, 11) is -4.01. The molecule has 0 spiro atoms. The Morgan fingerprint density at radius 2 is 1.60 bits per heavy atom. The van der Waals surface area contributed by atoms with E-state index in [1.807, 2.05) is 18.2 Å². The molecule has 0 saturated carbocycles. The van der Waals surface area contributed by atoms with Crippen molar-refractivity contribution in [3.05, 3.63) is 72.3 Å². The van der Waals surface area contributed by atoms with Crippen LogP contribution in [-0.4, -0.2) is 26.0 Å². The molecule has 0 radical (unpaired) electrons. The zero-order valence-corrected chi connectivity index (χ0v) is 14.4. The van der Waals surface area contributed by atoms with Gasteiger partial charge >= 0.3 is 5.97 Å². The second-order valence-corrected chi connectivity index (χ2v) is 7.53. The smallest absolute Gasteiger partial charge is 0.324 e. The van der Waals surface area contributed by atoms with E-state index in [1.54, 1.807) is 43.3 Å². The maximum absolute atomic E-state index is 13.1. The van der Waals surface area contributed by atoms with Crippen LogP contribution in [0.5, 0.6) is 0 Å². The zero-order chi connectivity index (χ0) is 18.0. The molecule has 3 rings (SSSR count). The van der Waals surface area contributed by atoms with Gasteiger partial charge in [0.05, 0.1) is 10.6 Å². The van der Waals surface area contributed by atoms with E-state index in [9.17, 15) is 18.3 Å². The summed E-state index contributed by atoms with van der Waals surface area (Å²) in [5, 5.41) is 10.9. The lowest BCUT2D eigenvalue weighted by Gasteiger charge is -2.26. The number of anilines is 1. The fourth-order valence-electron chi connectivity index (χ4n) is 2.82. The van der Waals surface area contributed by atoms with Gasteiger partial charge in [-0.1, -0.05) is 54.6 Å². The summed E-state index contributed by atoms with van der Waals surface area (Å²) >= 11 is 0. The van der Waals surface area contributed by atoms with Gasteiger partial charge in [0.1, 0.15) is 6.54 Å². The van der Waals surface area contributed by atoms with Gasteiger partial charge in [0.25, 0.3) is 10.0 Å². The summed E-state index contributed by atoms with van der Waals surface area (Å²) in [6, 6.07) is 18.9. The Balaban J connectivity index is 2.28. The molecule has 0 fully saturated rings. The van der Waals surface area contributed by atoms with Crippen molar-refractivity contribution in [3.8, 4) is 0 Å². The number of carbonyl (C=O) groups is 1. The predicted molar refractivity (Wildman–Crippen MR) is 97.3 cm³/mol. The fraction of sp³-hybridized carbons (Fsp3) is 0.105. The molecular formula is C19H17NO4S. The first-order valence-corrected chi connectivity index (χ1v) is 9.13. The second kappa shape index (κ2) is 6.57. The molecule has 6 heteroatoms. The number of benzene rings is 3. The molecule has 0 unspecified atom stereocenters. The number of sulfonamides is 1. The highest BCUT2D eigenvalue weighted by atomic mass is 32.2. The topological polar surface area (TPSA) is 74.7 Å². The highest BCUT2D eigenvalue weighted by Crippen LogP contribution is 2.34. The standard InChI is InChI=1S/C19H17NO4S/c1-14-11-12-15-7-5-6-10-17(15)19(14)20(13-18(21)22)25(23,24)16-8-3-2-4-9-16/h2-12H,13H2,1H3,(H,21,22). The Kier molecular flexibility index (Phi) is 4.46. The minimum absolute atomic E-state index is 0.0589. The van der Waals surface area contributed by atoms with Crippen LogP contribution in [0, 0.1) is 6.92 Å². The third kappa shape index (κ3) is 3.21. The Morgan fingerprint density at radius 1 is 0.960 bits per heavy atom. The molecule has 0 aromatic heterocycles. The van der Waals surface area contributed by atoms with Crippen LogP contribution in [0.2, 0.25) is 0 Å².